The Bertz CT molecular complexity index is 384. The topological polar surface area (TPSA) is 15.3 Å². The van der Waals surface area contributed by atoms with Crippen LogP contribution in [-0.2, 0) is 6.42 Å². The van der Waals surface area contributed by atoms with E-state index in [1.807, 2.05) is 6.07 Å². The van der Waals surface area contributed by atoms with Crippen molar-refractivity contribution in [1.29, 1.82) is 0 Å². The van der Waals surface area contributed by atoms with Gasteiger partial charge < -0.3 is 5.32 Å². The zero-order valence-corrected chi connectivity index (χ0v) is 11.6. The first kappa shape index (κ1) is 13.0. The Morgan fingerprint density at radius 1 is 1.53 bits per heavy atom. The van der Waals surface area contributed by atoms with Gasteiger partial charge in [-0.25, -0.2) is 4.39 Å². The Morgan fingerprint density at radius 2 is 2.35 bits per heavy atom. The normalized spacial score (nSPS) is 21.7. The molecule has 1 N–H and O–H groups in total. The highest BCUT2D eigenvalue weighted by Gasteiger charge is 2.17. The lowest BCUT2D eigenvalue weighted by molar-refractivity contribution is 0.175. The van der Waals surface area contributed by atoms with Crippen molar-refractivity contribution in [2.75, 3.05) is 26.2 Å². The van der Waals surface area contributed by atoms with Gasteiger partial charge in [0.15, 0.2) is 0 Å². The van der Waals surface area contributed by atoms with Gasteiger partial charge in [0.25, 0.3) is 0 Å². The summed E-state index contributed by atoms with van der Waals surface area (Å²) in [5, 5.41) is 3.36. The molecule has 0 radical (unpaired) electrons. The number of halogens is 2. The molecule has 1 atom stereocenters. The maximum atomic E-state index is 13.6. The van der Waals surface area contributed by atoms with Gasteiger partial charge in [-0.05, 0) is 37.1 Å². The molecule has 1 aliphatic heterocycles. The number of hydrogen-bond acceptors (Lipinski definition) is 2. The minimum atomic E-state index is -0.101. The molecule has 1 heterocycles. The van der Waals surface area contributed by atoms with Crippen LogP contribution in [0.1, 0.15) is 12.5 Å². The van der Waals surface area contributed by atoms with Crippen molar-refractivity contribution in [3.63, 3.8) is 0 Å². The average molecular weight is 301 g/mol. The summed E-state index contributed by atoms with van der Waals surface area (Å²) in [6.07, 6.45) is 0.773. The Labute approximate surface area is 110 Å². The molecule has 0 saturated carbocycles. The van der Waals surface area contributed by atoms with E-state index < -0.39 is 0 Å². The third kappa shape index (κ3) is 3.50. The van der Waals surface area contributed by atoms with Crippen molar-refractivity contribution in [2.24, 2.45) is 0 Å². The molecule has 1 unspecified atom stereocenters. The molecule has 0 amide bonds. The molecule has 1 aromatic rings. The largest absolute Gasteiger partial charge is 0.314 e. The quantitative estimate of drug-likeness (QED) is 0.922. The first-order valence-electron chi connectivity index (χ1n) is 6.05. The fourth-order valence-electron chi connectivity index (χ4n) is 2.21. The molecule has 0 bridgehead atoms. The van der Waals surface area contributed by atoms with Crippen LogP contribution in [0.25, 0.3) is 0 Å². The highest BCUT2D eigenvalue weighted by atomic mass is 79.9. The maximum absolute atomic E-state index is 13.6. The van der Waals surface area contributed by atoms with Crippen molar-refractivity contribution >= 4 is 15.9 Å². The standard InChI is InChI=1S/C13H18BrFN2/c1-10-9-16-5-7-17(10)6-4-11-8-12(14)2-3-13(11)15/h2-3,8,10,16H,4-7,9H2,1H3. The summed E-state index contributed by atoms with van der Waals surface area (Å²) in [6.45, 7) is 6.25. The van der Waals surface area contributed by atoms with Gasteiger partial charge in [-0.3, -0.25) is 4.90 Å². The van der Waals surface area contributed by atoms with Gasteiger partial charge in [0, 0.05) is 36.7 Å². The molecule has 0 aromatic heterocycles. The Kier molecular flexibility index (Phi) is 4.54. The molecule has 0 aliphatic carbocycles. The van der Waals surface area contributed by atoms with Crippen LogP contribution in [0.3, 0.4) is 0 Å². The first-order valence-corrected chi connectivity index (χ1v) is 6.85. The second kappa shape index (κ2) is 5.94. The molecule has 1 fully saturated rings. The summed E-state index contributed by atoms with van der Waals surface area (Å²) in [4.78, 5) is 2.41. The van der Waals surface area contributed by atoms with E-state index in [0.717, 1.165) is 42.6 Å². The minimum Gasteiger partial charge on any atom is -0.314 e. The van der Waals surface area contributed by atoms with E-state index in [1.165, 1.54) is 6.07 Å². The number of rotatable bonds is 3. The summed E-state index contributed by atoms with van der Waals surface area (Å²) >= 11 is 3.38. The van der Waals surface area contributed by atoms with Crippen LogP contribution in [0, 0.1) is 5.82 Å². The Morgan fingerprint density at radius 3 is 3.12 bits per heavy atom. The van der Waals surface area contributed by atoms with Gasteiger partial charge in [0.2, 0.25) is 0 Å². The number of nitrogens with zero attached hydrogens (tertiary/aromatic N) is 1. The molecule has 17 heavy (non-hydrogen) atoms. The van der Waals surface area contributed by atoms with E-state index in [0.29, 0.717) is 6.04 Å². The fraction of sp³-hybridized carbons (Fsp3) is 0.538. The van der Waals surface area contributed by atoms with Gasteiger partial charge in [-0.15, -0.1) is 0 Å². The van der Waals surface area contributed by atoms with Crippen LogP contribution >= 0.6 is 15.9 Å². The lowest BCUT2D eigenvalue weighted by Gasteiger charge is -2.33. The lowest BCUT2D eigenvalue weighted by atomic mass is 10.1. The Balaban J connectivity index is 1.94. The van der Waals surface area contributed by atoms with Crippen LogP contribution in [0.15, 0.2) is 22.7 Å². The van der Waals surface area contributed by atoms with Crippen LogP contribution < -0.4 is 5.32 Å². The summed E-state index contributed by atoms with van der Waals surface area (Å²) in [5.74, 6) is -0.101. The van der Waals surface area contributed by atoms with Gasteiger partial charge >= 0.3 is 0 Å². The summed E-state index contributed by atoms with van der Waals surface area (Å²) in [5.41, 5.74) is 0.796. The van der Waals surface area contributed by atoms with Crippen molar-refractivity contribution in [3.8, 4) is 0 Å². The van der Waals surface area contributed by atoms with Crippen LogP contribution in [0.4, 0.5) is 4.39 Å². The average Bonchev–Trinajstić information content (AvgIpc) is 2.32. The highest BCUT2D eigenvalue weighted by molar-refractivity contribution is 9.10. The van der Waals surface area contributed by atoms with Gasteiger partial charge in [-0.2, -0.15) is 0 Å². The number of benzene rings is 1. The maximum Gasteiger partial charge on any atom is 0.126 e. The molecule has 2 rings (SSSR count). The first-order chi connectivity index (χ1) is 8.16. The van der Waals surface area contributed by atoms with Crippen molar-refractivity contribution in [1.82, 2.24) is 10.2 Å². The second-order valence-corrected chi connectivity index (χ2v) is 5.49. The van der Waals surface area contributed by atoms with E-state index in [-0.39, 0.29) is 5.82 Å². The van der Waals surface area contributed by atoms with Crippen molar-refractivity contribution in [3.05, 3.63) is 34.1 Å². The van der Waals surface area contributed by atoms with E-state index in [2.05, 4.69) is 33.1 Å². The predicted octanol–water partition coefficient (Wildman–Crippen LogP) is 2.42. The molecule has 4 heteroatoms. The summed E-state index contributed by atoms with van der Waals surface area (Å²) in [7, 11) is 0. The van der Waals surface area contributed by atoms with Gasteiger partial charge in [0.05, 0.1) is 0 Å². The van der Waals surface area contributed by atoms with Gasteiger partial charge in [-0.1, -0.05) is 15.9 Å². The van der Waals surface area contributed by atoms with E-state index in [4.69, 9.17) is 0 Å². The summed E-state index contributed by atoms with van der Waals surface area (Å²) < 4.78 is 14.5. The number of hydrogen-bond donors (Lipinski definition) is 1. The third-order valence-corrected chi connectivity index (χ3v) is 3.81. The van der Waals surface area contributed by atoms with E-state index in [1.54, 1.807) is 6.07 Å². The van der Waals surface area contributed by atoms with Crippen molar-refractivity contribution < 1.29 is 4.39 Å². The zero-order valence-electron chi connectivity index (χ0n) is 10.0. The second-order valence-electron chi connectivity index (χ2n) is 4.57. The van der Waals surface area contributed by atoms with E-state index in [9.17, 15) is 4.39 Å². The minimum absolute atomic E-state index is 0.101. The third-order valence-electron chi connectivity index (χ3n) is 3.32. The molecule has 1 aliphatic rings. The monoisotopic (exact) mass is 300 g/mol. The van der Waals surface area contributed by atoms with E-state index >= 15 is 0 Å². The van der Waals surface area contributed by atoms with Crippen LogP contribution in [0.5, 0.6) is 0 Å². The smallest absolute Gasteiger partial charge is 0.126 e. The Hall–Kier alpha value is -0.450. The highest BCUT2D eigenvalue weighted by Crippen LogP contribution is 2.16. The predicted molar refractivity (Wildman–Crippen MR) is 71.7 cm³/mol. The molecular weight excluding hydrogens is 283 g/mol. The lowest BCUT2D eigenvalue weighted by Crippen LogP contribution is -2.50. The molecule has 1 aromatic carbocycles. The molecule has 94 valence electrons. The molecule has 0 spiro atoms. The molecule has 2 nitrogen and oxygen atoms in total. The van der Waals surface area contributed by atoms with Gasteiger partial charge in [0.1, 0.15) is 5.82 Å². The van der Waals surface area contributed by atoms with Crippen LogP contribution in [-0.4, -0.2) is 37.1 Å². The fourth-order valence-corrected chi connectivity index (χ4v) is 2.62. The summed E-state index contributed by atoms with van der Waals surface area (Å²) in [6, 6.07) is 5.69. The number of piperazine rings is 1. The zero-order chi connectivity index (χ0) is 12.3. The molecular formula is C13H18BrFN2. The van der Waals surface area contributed by atoms with Crippen LogP contribution in [0.2, 0.25) is 0 Å². The SMILES string of the molecule is CC1CNCCN1CCc1cc(Br)ccc1F. The van der Waals surface area contributed by atoms with Crippen molar-refractivity contribution in [2.45, 2.75) is 19.4 Å². The number of nitrogens with one attached hydrogen (secondary N) is 1. The molecule has 1 saturated heterocycles.